The molecule has 1 amide bonds. The number of sulfonamides is 1. The largest absolute Gasteiger partial charge is 0.497 e. The van der Waals surface area contributed by atoms with Gasteiger partial charge in [-0.25, -0.2) is 13.1 Å². The van der Waals surface area contributed by atoms with Crippen molar-refractivity contribution in [1.82, 2.24) is 9.62 Å². The van der Waals surface area contributed by atoms with Crippen LogP contribution >= 0.6 is 0 Å². The van der Waals surface area contributed by atoms with Crippen LogP contribution in [-0.4, -0.2) is 72.4 Å². The summed E-state index contributed by atoms with van der Waals surface area (Å²) in [6, 6.07) is 10.7. The van der Waals surface area contributed by atoms with E-state index in [0.717, 1.165) is 0 Å². The highest BCUT2D eigenvalue weighted by atomic mass is 32.2. The second-order valence-corrected chi connectivity index (χ2v) is 8.99. The number of carbonyl (C=O) groups is 1. The summed E-state index contributed by atoms with van der Waals surface area (Å²) in [5, 5.41) is 0. The number of ether oxygens (including phenoxy) is 4. The molecule has 0 saturated carbocycles. The number of amides is 1. The molecule has 9 nitrogen and oxygen atoms in total. The predicted molar refractivity (Wildman–Crippen MR) is 118 cm³/mol. The molecule has 0 unspecified atom stereocenters. The minimum absolute atomic E-state index is 0.0220. The van der Waals surface area contributed by atoms with Crippen LogP contribution in [0.4, 0.5) is 0 Å². The van der Waals surface area contributed by atoms with Gasteiger partial charge in [0, 0.05) is 13.1 Å². The van der Waals surface area contributed by atoms with Crippen molar-refractivity contribution in [3.63, 3.8) is 0 Å². The number of nitrogens with zero attached hydrogens (tertiary/aromatic N) is 1. The molecule has 2 aromatic rings. The van der Waals surface area contributed by atoms with Crippen molar-refractivity contribution in [3.05, 3.63) is 48.0 Å². The summed E-state index contributed by atoms with van der Waals surface area (Å²) in [6.45, 7) is 3.60. The quantitative estimate of drug-likeness (QED) is 0.605. The second-order valence-electron chi connectivity index (χ2n) is 7.28. The summed E-state index contributed by atoms with van der Waals surface area (Å²) in [4.78, 5) is 14.5. The second kappa shape index (κ2) is 10.7. The molecule has 10 heteroatoms. The van der Waals surface area contributed by atoms with Crippen LogP contribution in [0.3, 0.4) is 0 Å². The van der Waals surface area contributed by atoms with Gasteiger partial charge in [-0.15, -0.1) is 0 Å². The summed E-state index contributed by atoms with van der Waals surface area (Å²) in [6.07, 6.45) is 0. The molecule has 1 saturated heterocycles. The maximum atomic E-state index is 12.9. The van der Waals surface area contributed by atoms with Crippen LogP contribution in [0.1, 0.15) is 17.3 Å². The molecule has 1 fully saturated rings. The number of morpholine rings is 1. The maximum absolute atomic E-state index is 12.9. The summed E-state index contributed by atoms with van der Waals surface area (Å²) < 4.78 is 49.7. The first-order valence-corrected chi connectivity index (χ1v) is 11.7. The smallest absolute Gasteiger partial charge is 0.257 e. The lowest BCUT2D eigenvalue weighted by Gasteiger charge is -2.27. The number of carbonyl (C=O) groups excluding carboxylic acids is 1. The number of benzene rings is 2. The Labute approximate surface area is 188 Å². The average molecular weight is 465 g/mol. The Balaban J connectivity index is 1.70. The van der Waals surface area contributed by atoms with Gasteiger partial charge < -0.3 is 23.8 Å². The molecule has 0 aliphatic carbocycles. The van der Waals surface area contributed by atoms with Gasteiger partial charge in [-0.2, -0.15) is 0 Å². The molecule has 1 N–H and O–H groups in total. The van der Waals surface area contributed by atoms with E-state index in [1.807, 2.05) is 0 Å². The van der Waals surface area contributed by atoms with Crippen molar-refractivity contribution >= 4 is 15.9 Å². The predicted octanol–water partition coefficient (Wildman–Crippen LogP) is 1.92. The van der Waals surface area contributed by atoms with Gasteiger partial charge in [0.1, 0.15) is 23.9 Å². The van der Waals surface area contributed by atoms with Crippen molar-refractivity contribution in [2.75, 3.05) is 47.1 Å². The molecule has 174 valence electrons. The molecule has 1 heterocycles. The summed E-state index contributed by atoms with van der Waals surface area (Å²) in [7, 11) is -0.871. The highest BCUT2D eigenvalue weighted by Crippen LogP contribution is 2.25. The molecule has 1 aliphatic rings. The van der Waals surface area contributed by atoms with Gasteiger partial charge in [0.05, 0.1) is 43.9 Å². The standard InChI is InChI=1S/C22H28N2O7S/c1-16(15-31-18-6-4-17(28-2)5-7-18)23-32(26,27)19-8-9-21(29-3)20(14-19)22(25)24-10-12-30-13-11-24/h4-9,14,16,23H,10-13,15H2,1-3H3/t16-/m1/s1. The topological polar surface area (TPSA) is 103 Å². The van der Waals surface area contributed by atoms with Gasteiger partial charge >= 0.3 is 0 Å². The van der Waals surface area contributed by atoms with E-state index in [2.05, 4.69) is 4.72 Å². The van der Waals surface area contributed by atoms with Crippen molar-refractivity contribution in [2.24, 2.45) is 0 Å². The molecular weight excluding hydrogens is 436 g/mol. The Morgan fingerprint density at radius 2 is 1.72 bits per heavy atom. The van der Waals surface area contributed by atoms with Gasteiger partial charge in [-0.3, -0.25) is 4.79 Å². The van der Waals surface area contributed by atoms with Crippen LogP contribution in [0.25, 0.3) is 0 Å². The highest BCUT2D eigenvalue weighted by Gasteiger charge is 2.25. The van der Waals surface area contributed by atoms with Crippen LogP contribution in [0, 0.1) is 0 Å². The monoisotopic (exact) mass is 464 g/mol. The number of rotatable bonds is 9. The van der Waals surface area contributed by atoms with Crippen molar-refractivity contribution in [3.8, 4) is 17.2 Å². The molecule has 2 aromatic carbocycles. The molecule has 0 radical (unpaired) electrons. The van der Waals surface area contributed by atoms with Gasteiger partial charge in [0.25, 0.3) is 5.91 Å². The van der Waals surface area contributed by atoms with Crippen molar-refractivity contribution < 1.29 is 32.2 Å². The molecule has 3 rings (SSSR count). The van der Waals surface area contributed by atoms with E-state index in [1.165, 1.54) is 25.3 Å². The molecule has 0 bridgehead atoms. The van der Waals surface area contributed by atoms with Crippen LogP contribution in [-0.2, 0) is 14.8 Å². The van der Waals surface area contributed by atoms with Crippen molar-refractivity contribution in [2.45, 2.75) is 17.9 Å². The summed E-state index contributed by atoms with van der Waals surface area (Å²) in [5.74, 6) is 1.32. The SMILES string of the molecule is COc1ccc(OC[C@@H](C)NS(=O)(=O)c2ccc(OC)c(C(=O)N3CCOCC3)c2)cc1. The molecule has 0 spiro atoms. The number of hydrogen-bond donors (Lipinski definition) is 1. The lowest BCUT2D eigenvalue weighted by Crippen LogP contribution is -2.41. The Kier molecular flexibility index (Phi) is 7.94. The minimum atomic E-state index is -3.89. The van der Waals surface area contributed by atoms with Crippen LogP contribution in [0.15, 0.2) is 47.4 Å². The first-order chi connectivity index (χ1) is 15.3. The minimum Gasteiger partial charge on any atom is -0.497 e. The molecular formula is C22H28N2O7S. The van der Waals surface area contributed by atoms with Crippen LogP contribution in [0.5, 0.6) is 17.2 Å². The zero-order valence-corrected chi connectivity index (χ0v) is 19.2. The normalized spacial score (nSPS) is 15.2. The Morgan fingerprint density at radius 3 is 2.34 bits per heavy atom. The lowest BCUT2D eigenvalue weighted by molar-refractivity contribution is 0.0300. The molecule has 1 aliphatic heterocycles. The Morgan fingerprint density at radius 1 is 1.06 bits per heavy atom. The van der Waals surface area contributed by atoms with E-state index < -0.39 is 16.1 Å². The van der Waals surface area contributed by atoms with E-state index >= 15 is 0 Å². The number of hydrogen-bond acceptors (Lipinski definition) is 7. The van der Waals surface area contributed by atoms with Gasteiger partial charge in [0.2, 0.25) is 10.0 Å². The molecule has 32 heavy (non-hydrogen) atoms. The van der Waals surface area contributed by atoms with Gasteiger partial charge in [-0.1, -0.05) is 0 Å². The van der Waals surface area contributed by atoms with E-state index in [9.17, 15) is 13.2 Å². The van der Waals surface area contributed by atoms with Gasteiger partial charge in [0.15, 0.2) is 0 Å². The van der Waals surface area contributed by atoms with Crippen molar-refractivity contribution in [1.29, 1.82) is 0 Å². The summed E-state index contributed by atoms with van der Waals surface area (Å²) >= 11 is 0. The first-order valence-electron chi connectivity index (χ1n) is 10.2. The first kappa shape index (κ1) is 23.8. The maximum Gasteiger partial charge on any atom is 0.257 e. The third-order valence-corrected chi connectivity index (χ3v) is 6.51. The average Bonchev–Trinajstić information content (AvgIpc) is 2.82. The third kappa shape index (κ3) is 5.90. The highest BCUT2D eigenvalue weighted by molar-refractivity contribution is 7.89. The van der Waals surface area contributed by atoms with Gasteiger partial charge in [-0.05, 0) is 49.4 Å². The van der Waals surface area contributed by atoms with E-state index in [1.54, 1.807) is 43.2 Å². The lowest BCUT2D eigenvalue weighted by atomic mass is 10.1. The zero-order chi connectivity index (χ0) is 23.1. The van der Waals surface area contributed by atoms with E-state index in [-0.39, 0.29) is 23.0 Å². The van der Waals surface area contributed by atoms with E-state index in [4.69, 9.17) is 18.9 Å². The Hall–Kier alpha value is -2.82. The fourth-order valence-electron chi connectivity index (χ4n) is 3.22. The molecule has 1 atom stereocenters. The number of nitrogens with one attached hydrogen (secondary N) is 1. The number of methoxy groups -OCH3 is 2. The fraction of sp³-hybridized carbons (Fsp3) is 0.409. The molecule has 0 aromatic heterocycles. The summed E-state index contributed by atoms with van der Waals surface area (Å²) in [5.41, 5.74) is 0.194. The van der Waals surface area contributed by atoms with Crippen LogP contribution in [0.2, 0.25) is 0 Å². The Bertz CT molecular complexity index is 1020. The zero-order valence-electron chi connectivity index (χ0n) is 18.4. The third-order valence-electron chi connectivity index (χ3n) is 4.93. The van der Waals surface area contributed by atoms with E-state index in [0.29, 0.717) is 43.6 Å². The van der Waals surface area contributed by atoms with Crippen LogP contribution < -0.4 is 18.9 Å². The fourth-order valence-corrected chi connectivity index (χ4v) is 4.47.